The third kappa shape index (κ3) is 2.97. The largest absolute Gasteiger partial charge is 0.396 e. The minimum atomic E-state index is -0.312. The summed E-state index contributed by atoms with van der Waals surface area (Å²) in [5.74, 6) is 0. The van der Waals surface area contributed by atoms with Crippen LogP contribution in [0, 0.1) is 0 Å². The Balaban J connectivity index is 1.79. The van der Waals surface area contributed by atoms with Gasteiger partial charge in [-0.2, -0.15) is 0 Å². The quantitative estimate of drug-likeness (QED) is 0.382. The molecular weight excluding hydrogens is 344 g/mol. The van der Waals surface area contributed by atoms with Crippen LogP contribution in [0.15, 0.2) is 47.3 Å². The average molecular weight is 362 g/mol. The van der Waals surface area contributed by atoms with Crippen molar-refractivity contribution in [3.05, 3.63) is 58.4 Å². The molecule has 2 aromatic heterocycles. The molecular formula is C19H18N6O2. The Morgan fingerprint density at radius 3 is 2.78 bits per heavy atom. The molecule has 27 heavy (non-hydrogen) atoms. The van der Waals surface area contributed by atoms with Crippen LogP contribution < -0.4 is 21.9 Å². The summed E-state index contributed by atoms with van der Waals surface area (Å²) in [6.07, 6.45) is 0. The fourth-order valence-corrected chi connectivity index (χ4v) is 3.03. The van der Waals surface area contributed by atoms with E-state index in [2.05, 4.69) is 25.6 Å². The molecule has 6 N–H and O–H groups in total. The van der Waals surface area contributed by atoms with Gasteiger partial charge in [-0.3, -0.25) is 4.79 Å². The molecule has 2 amide bonds. The molecule has 136 valence electrons. The number of nitrogens with zero attached hydrogens (tertiary/aromatic N) is 1. The maximum absolute atomic E-state index is 12.5. The lowest BCUT2D eigenvalue weighted by atomic mass is 10.1. The molecule has 0 fully saturated rings. The molecule has 0 aliphatic rings. The number of amides is 2. The fourth-order valence-electron chi connectivity index (χ4n) is 3.03. The molecule has 0 bridgehead atoms. The van der Waals surface area contributed by atoms with Crippen LogP contribution in [-0.4, -0.2) is 28.0 Å². The molecule has 0 aliphatic carbocycles. The molecule has 4 aromatic rings. The number of aromatic nitrogens is 3. The van der Waals surface area contributed by atoms with Crippen molar-refractivity contribution < 1.29 is 4.79 Å². The van der Waals surface area contributed by atoms with Gasteiger partial charge in [-0.1, -0.05) is 18.2 Å². The zero-order valence-corrected chi connectivity index (χ0v) is 14.6. The van der Waals surface area contributed by atoms with Crippen molar-refractivity contribution in [3.63, 3.8) is 0 Å². The van der Waals surface area contributed by atoms with Crippen LogP contribution in [0.3, 0.4) is 0 Å². The van der Waals surface area contributed by atoms with E-state index in [1.165, 1.54) is 0 Å². The number of anilines is 1. The highest BCUT2D eigenvalue weighted by Crippen LogP contribution is 2.31. The average Bonchev–Trinajstić information content (AvgIpc) is 3.01. The number of hydrogen-bond donors (Lipinski definition) is 5. The number of hydrogen-bond acceptors (Lipinski definition) is 4. The lowest BCUT2D eigenvalue weighted by Crippen LogP contribution is -2.32. The number of carbonyl (C=O) groups excluding carboxylic acids is 1. The van der Waals surface area contributed by atoms with Gasteiger partial charge in [0.25, 0.3) is 5.56 Å². The summed E-state index contributed by atoms with van der Waals surface area (Å²) < 4.78 is 0. The summed E-state index contributed by atoms with van der Waals surface area (Å²) in [5.41, 5.74) is 10.2. The summed E-state index contributed by atoms with van der Waals surface area (Å²) in [7, 11) is 1.56. The van der Waals surface area contributed by atoms with Crippen LogP contribution in [0.4, 0.5) is 10.5 Å². The van der Waals surface area contributed by atoms with E-state index in [0.29, 0.717) is 29.0 Å². The van der Waals surface area contributed by atoms with Crippen molar-refractivity contribution in [1.82, 2.24) is 25.6 Å². The molecule has 0 saturated heterocycles. The number of H-pyrrole nitrogens is 2. The molecule has 8 heteroatoms. The van der Waals surface area contributed by atoms with E-state index in [4.69, 9.17) is 5.73 Å². The molecule has 0 spiro atoms. The van der Waals surface area contributed by atoms with Gasteiger partial charge in [0, 0.05) is 24.5 Å². The van der Waals surface area contributed by atoms with Crippen LogP contribution >= 0.6 is 0 Å². The van der Waals surface area contributed by atoms with E-state index >= 15 is 0 Å². The minimum absolute atomic E-state index is 0.243. The maximum Gasteiger partial charge on any atom is 0.314 e. The Bertz CT molecular complexity index is 1220. The lowest BCUT2D eigenvalue weighted by molar-refractivity contribution is 0.242. The van der Waals surface area contributed by atoms with Gasteiger partial charge in [0.15, 0.2) is 5.69 Å². The third-order valence-electron chi connectivity index (χ3n) is 4.42. The number of para-hydroxylation sites is 2. The van der Waals surface area contributed by atoms with Crippen LogP contribution in [0.1, 0.15) is 5.56 Å². The number of carbonyl (C=O) groups is 1. The fraction of sp³-hybridized carbons (Fsp3) is 0.105. The first-order valence-corrected chi connectivity index (χ1v) is 8.42. The zero-order chi connectivity index (χ0) is 19.0. The molecule has 8 nitrogen and oxygen atoms in total. The Labute approximate surface area is 153 Å². The summed E-state index contributed by atoms with van der Waals surface area (Å²) >= 11 is 0. The molecule has 0 radical (unpaired) electrons. The SMILES string of the molecule is CNC(=O)NCc1ccc2[nH]c(-c3nc4ccccc4[nH]c3=O)c(N)c2c1. The first-order chi connectivity index (χ1) is 13.1. The van der Waals surface area contributed by atoms with Gasteiger partial charge in [-0.05, 0) is 29.8 Å². The maximum atomic E-state index is 12.5. The molecule has 0 unspecified atom stereocenters. The molecule has 0 saturated carbocycles. The first-order valence-electron chi connectivity index (χ1n) is 8.42. The summed E-state index contributed by atoms with van der Waals surface area (Å²) in [6.45, 7) is 0.365. The predicted octanol–water partition coefficient (Wildman–Crippen LogP) is 2.08. The van der Waals surface area contributed by atoms with Crippen LogP contribution in [-0.2, 0) is 6.54 Å². The highest BCUT2D eigenvalue weighted by Gasteiger charge is 2.16. The van der Waals surface area contributed by atoms with E-state index < -0.39 is 0 Å². The number of nitrogens with one attached hydrogen (secondary N) is 4. The van der Waals surface area contributed by atoms with Crippen LogP contribution in [0.25, 0.3) is 33.3 Å². The minimum Gasteiger partial charge on any atom is -0.396 e. The summed E-state index contributed by atoms with van der Waals surface area (Å²) in [4.78, 5) is 34.3. The highest BCUT2D eigenvalue weighted by molar-refractivity contribution is 6.00. The van der Waals surface area contributed by atoms with Gasteiger partial charge in [-0.25, -0.2) is 9.78 Å². The molecule has 0 atom stereocenters. The number of aromatic amines is 2. The van der Waals surface area contributed by atoms with Gasteiger partial charge < -0.3 is 26.3 Å². The molecule has 4 rings (SSSR count). The van der Waals surface area contributed by atoms with Crippen molar-refractivity contribution in [2.45, 2.75) is 6.54 Å². The second-order valence-corrected chi connectivity index (χ2v) is 6.16. The van der Waals surface area contributed by atoms with Gasteiger partial charge in [0.2, 0.25) is 0 Å². The number of nitrogens with two attached hydrogens (primary N) is 1. The van der Waals surface area contributed by atoms with Crippen molar-refractivity contribution in [3.8, 4) is 11.4 Å². The van der Waals surface area contributed by atoms with E-state index in [9.17, 15) is 9.59 Å². The Kier molecular flexibility index (Phi) is 4.00. The lowest BCUT2D eigenvalue weighted by Gasteiger charge is -2.04. The second kappa shape index (κ2) is 6.49. The highest BCUT2D eigenvalue weighted by atomic mass is 16.2. The molecule has 2 aromatic carbocycles. The number of rotatable bonds is 3. The van der Waals surface area contributed by atoms with Crippen LogP contribution in [0.5, 0.6) is 0 Å². The van der Waals surface area contributed by atoms with E-state index in [1.54, 1.807) is 13.1 Å². The number of fused-ring (bicyclic) bond motifs is 2. The second-order valence-electron chi connectivity index (χ2n) is 6.16. The molecule has 2 heterocycles. The third-order valence-corrected chi connectivity index (χ3v) is 4.42. The Morgan fingerprint density at radius 1 is 1.15 bits per heavy atom. The van der Waals surface area contributed by atoms with Gasteiger partial charge in [-0.15, -0.1) is 0 Å². The van der Waals surface area contributed by atoms with E-state index in [0.717, 1.165) is 16.5 Å². The topological polar surface area (TPSA) is 129 Å². The summed E-state index contributed by atoms with van der Waals surface area (Å²) in [5, 5.41) is 6.01. The van der Waals surface area contributed by atoms with E-state index in [-0.39, 0.29) is 17.3 Å². The Hall–Kier alpha value is -3.81. The number of nitrogen functional groups attached to an aromatic ring is 1. The van der Waals surface area contributed by atoms with E-state index in [1.807, 2.05) is 36.4 Å². The Morgan fingerprint density at radius 2 is 1.96 bits per heavy atom. The van der Waals surface area contributed by atoms with Gasteiger partial charge >= 0.3 is 6.03 Å². The van der Waals surface area contributed by atoms with Crippen molar-refractivity contribution >= 4 is 33.7 Å². The smallest absolute Gasteiger partial charge is 0.314 e. The van der Waals surface area contributed by atoms with Crippen molar-refractivity contribution in [2.24, 2.45) is 0 Å². The van der Waals surface area contributed by atoms with Crippen LogP contribution in [0.2, 0.25) is 0 Å². The first kappa shape index (κ1) is 16.6. The van der Waals surface area contributed by atoms with Gasteiger partial charge in [0.1, 0.15) is 0 Å². The normalized spacial score (nSPS) is 11.0. The number of urea groups is 1. The number of benzene rings is 2. The van der Waals surface area contributed by atoms with Crippen molar-refractivity contribution in [2.75, 3.05) is 12.8 Å². The summed E-state index contributed by atoms with van der Waals surface area (Å²) in [6, 6.07) is 12.7. The predicted molar refractivity (Wildman–Crippen MR) is 105 cm³/mol. The zero-order valence-electron chi connectivity index (χ0n) is 14.6. The van der Waals surface area contributed by atoms with Crippen molar-refractivity contribution in [1.29, 1.82) is 0 Å². The molecule has 0 aliphatic heterocycles. The van der Waals surface area contributed by atoms with Gasteiger partial charge in [0.05, 0.1) is 22.4 Å². The monoisotopic (exact) mass is 362 g/mol. The standard InChI is InChI=1S/C19H18N6O2/c1-21-19(27)22-9-10-6-7-12-11(8-10)15(20)16(23-12)17-18(26)25-14-5-3-2-4-13(14)24-17/h2-8,23H,9,20H2,1H3,(H,25,26)(H2,21,22,27).